The maximum atomic E-state index is 11.2. The molecule has 28 heavy (non-hydrogen) atoms. The number of benzene rings is 2. The number of nitrogens with zero attached hydrogens (tertiary/aromatic N) is 3. The summed E-state index contributed by atoms with van der Waals surface area (Å²) in [5.41, 5.74) is 8.84. The molecule has 4 aromatic rings. The monoisotopic (exact) mass is 373 g/mol. The van der Waals surface area contributed by atoms with E-state index in [0.717, 1.165) is 16.9 Å². The number of carbonyl (C=O) groups excluding carboxylic acids is 1. The number of carbonyl (C=O) groups is 2. The Morgan fingerprint density at radius 3 is 2.29 bits per heavy atom. The minimum Gasteiger partial charge on any atom is -0.478 e. The number of hydrogen-bond acceptors (Lipinski definition) is 5. The van der Waals surface area contributed by atoms with E-state index in [9.17, 15) is 9.59 Å². The number of anilines is 2. The third kappa shape index (κ3) is 3.14. The Kier molecular flexibility index (Phi) is 4.21. The Labute approximate surface area is 159 Å². The zero-order chi connectivity index (χ0) is 19.7. The van der Waals surface area contributed by atoms with Gasteiger partial charge in [-0.05, 0) is 36.4 Å². The van der Waals surface area contributed by atoms with E-state index in [0.29, 0.717) is 17.0 Å². The van der Waals surface area contributed by atoms with Crippen molar-refractivity contribution in [3.8, 4) is 11.3 Å². The number of carboxylic acid groups (broad SMARTS) is 1. The lowest BCUT2D eigenvalue weighted by atomic mass is 10.1. The number of amides is 1. The van der Waals surface area contributed by atoms with Crippen LogP contribution in [0.2, 0.25) is 0 Å². The second kappa shape index (κ2) is 6.84. The smallest absolute Gasteiger partial charge is 0.335 e. The molecule has 0 aliphatic carbocycles. The molecule has 0 spiro atoms. The van der Waals surface area contributed by atoms with Crippen molar-refractivity contribution in [3.63, 3.8) is 0 Å². The summed E-state index contributed by atoms with van der Waals surface area (Å²) in [5, 5.41) is 12.2. The fraction of sp³-hybridized carbons (Fsp3) is 0. The fourth-order valence-electron chi connectivity index (χ4n) is 2.86. The van der Waals surface area contributed by atoms with Gasteiger partial charge in [0.25, 0.3) is 0 Å². The van der Waals surface area contributed by atoms with Crippen molar-refractivity contribution in [3.05, 3.63) is 78.2 Å². The summed E-state index contributed by atoms with van der Waals surface area (Å²) in [6.45, 7) is 0. The molecule has 4 N–H and O–H groups in total. The normalized spacial score (nSPS) is 10.7. The van der Waals surface area contributed by atoms with Gasteiger partial charge in [-0.3, -0.25) is 9.20 Å². The predicted molar refractivity (Wildman–Crippen MR) is 104 cm³/mol. The van der Waals surface area contributed by atoms with Gasteiger partial charge >= 0.3 is 5.97 Å². The minimum absolute atomic E-state index is 0.219. The molecule has 2 aromatic carbocycles. The predicted octanol–water partition coefficient (Wildman–Crippen LogP) is 2.94. The molecule has 0 aliphatic heterocycles. The van der Waals surface area contributed by atoms with Gasteiger partial charge in [-0.15, -0.1) is 0 Å². The van der Waals surface area contributed by atoms with Crippen LogP contribution in [0.3, 0.4) is 0 Å². The summed E-state index contributed by atoms with van der Waals surface area (Å²) < 4.78 is 1.86. The number of hydrogen-bond donors (Lipinski definition) is 3. The van der Waals surface area contributed by atoms with Gasteiger partial charge in [0.15, 0.2) is 11.5 Å². The molecule has 0 saturated heterocycles. The first-order chi connectivity index (χ1) is 13.5. The first kappa shape index (κ1) is 17.2. The molecular formula is C20H15N5O3. The highest BCUT2D eigenvalue weighted by atomic mass is 16.4. The van der Waals surface area contributed by atoms with E-state index in [-0.39, 0.29) is 5.56 Å². The molecule has 0 radical (unpaired) electrons. The van der Waals surface area contributed by atoms with E-state index in [1.165, 1.54) is 0 Å². The third-order valence-electron chi connectivity index (χ3n) is 4.29. The van der Waals surface area contributed by atoms with Gasteiger partial charge in [0.1, 0.15) is 0 Å². The van der Waals surface area contributed by atoms with Crippen LogP contribution in [0.5, 0.6) is 0 Å². The van der Waals surface area contributed by atoms with Crippen molar-refractivity contribution in [2.75, 3.05) is 5.32 Å². The fourth-order valence-corrected chi connectivity index (χ4v) is 2.86. The van der Waals surface area contributed by atoms with Gasteiger partial charge in [-0.1, -0.05) is 12.1 Å². The van der Waals surface area contributed by atoms with Crippen LogP contribution in [0.4, 0.5) is 11.5 Å². The number of rotatable bonds is 5. The quantitative estimate of drug-likeness (QED) is 0.494. The Bertz CT molecular complexity index is 1180. The second-order valence-corrected chi connectivity index (χ2v) is 6.06. The Hall–Kier alpha value is -4.20. The number of imidazole rings is 1. The molecule has 2 aromatic heterocycles. The number of aromatic carboxylic acids is 1. The Morgan fingerprint density at radius 2 is 1.64 bits per heavy atom. The molecule has 0 atom stereocenters. The van der Waals surface area contributed by atoms with Crippen LogP contribution in [0.1, 0.15) is 20.7 Å². The van der Waals surface area contributed by atoms with Crippen LogP contribution in [-0.4, -0.2) is 31.4 Å². The van der Waals surface area contributed by atoms with Crippen LogP contribution < -0.4 is 11.1 Å². The summed E-state index contributed by atoms with van der Waals surface area (Å²) in [6.07, 6.45) is 5.15. The van der Waals surface area contributed by atoms with E-state index in [4.69, 9.17) is 10.8 Å². The Balaban J connectivity index is 1.69. The van der Waals surface area contributed by atoms with Crippen molar-refractivity contribution in [1.29, 1.82) is 0 Å². The highest BCUT2D eigenvalue weighted by Crippen LogP contribution is 2.25. The van der Waals surface area contributed by atoms with Crippen LogP contribution in [-0.2, 0) is 0 Å². The van der Waals surface area contributed by atoms with E-state index < -0.39 is 11.9 Å². The lowest BCUT2D eigenvalue weighted by molar-refractivity contribution is 0.0696. The van der Waals surface area contributed by atoms with E-state index in [2.05, 4.69) is 15.3 Å². The largest absolute Gasteiger partial charge is 0.478 e. The van der Waals surface area contributed by atoms with Gasteiger partial charge in [-0.25, -0.2) is 14.8 Å². The van der Waals surface area contributed by atoms with Gasteiger partial charge in [0.2, 0.25) is 5.91 Å². The molecule has 8 heteroatoms. The van der Waals surface area contributed by atoms with E-state index in [1.54, 1.807) is 67.1 Å². The van der Waals surface area contributed by atoms with Gasteiger partial charge in [0.05, 0.1) is 17.5 Å². The average molecular weight is 373 g/mol. The number of carboxylic acids is 1. The topological polar surface area (TPSA) is 123 Å². The third-order valence-corrected chi connectivity index (χ3v) is 4.29. The van der Waals surface area contributed by atoms with Crippen LogP contribution in [0, 0.1) is 0 Å². The molecule has 2 heterocycles. The average Bonchev–Trinajstić information content (AvgIpc) is 3.19. The Morgan fingerprint density at radius 1 is 0.964 bits per heavy atom. The highest BCUT2D eigenvalue weighted by Gasteiger charge is 2.11. The first-order valence-electron chi connectivity index (χ1n) is 8.35. The molecule has 8 nitrogen and oxygen atoms in total. The molecule has 1 amide bonds. The molecule has 0 saturated carbocycles. The van der Waals surface area contributed by atoms with Gasteiger partial charge < -0.3 is 16.2 Å². The van der Waals surface area contributed by atoms with E-state index >= 15 is 0 Å². The van der Waals surface area contributed by atoms with Crippen molar-refractivity contribution in [1.82, 2.24) is 14.4 Å². The van der Waals surface area contributed by atoms with Gasteiger partial charge in [-0.2, -0.15) is 0 Å². The summed E-state index contributed by atoms with van der Waals surface area (Å²) in [7, 11) is 0. The number of primary amides is 1. The van der Waals surface area contributed by atoms with Crippen LogP contribution in [0.15, 0.2) is 67.1 Å². The highest BCUT2D eigenvalue weighted by molar-refractivity contribution is 5.93. The summed E-state index contributed by atoms with van der Waals surface area (Å²) in [4.78, 5) is 31.0. The molecule has 0 unspecified atom stereocenters. The van der Waals surface area contributed by atoms with Crippen molar-refractivity contribution >= 4 is 29.0 Å². The lowest BCUT2D eigenvalue weighted by Gasteiger charge is -2.11. The number of fused-ring (bicyclic) bond motifs is 1. The summed E-state index contributed by atoms with van der Waals surface area (Å²) in [5.74, 6) is -0.916. The zero-order valence-electron chi connectivity index (χ0n) is 14.5. The maximum Gasteiger partial charge on any atom is 0.335 e. The molecule has 138 valence electrons. The van der Waals surface area contributed by atoms with Crippen molar-refractivity contribution < 1.29 is 14.7 Å². The minimum atomic E-state index is -0.973. The van der Waals surface area contributed by atoms with Crippen molar-refractivity contribution in [2.24, 2.45) is 5.73 Å². The first-order valence-corrected chi connectivity index (χ1v) is 8.35. The van der Waals surface area contributed by atoms with Crippen LogP contribution >= 0.6 is 0 Å². The molecule has 0 bridgehead atoms. The molecule has 4 rings (SSSR count). The zero-order valence-corrected chi connectivity index (χ0v) is 14.5. The maximum absolute atomic E-state index is 11.2. The second-order valence-electron chi connectivity index (χ2n) is 6.06. The number of aromatic nitrogens is 3. The molecule has 0 aliphatic rings. The lowest BCUT2D eigenvalue weighted by Crippen LogP contribution is -2.10. The van der Waals surface area contributed by atoms with E-state index in [1.807, 2.05) is 4.40 Å². The van der Waals surface area contributed by atoms with Crippen molar-refractivity contribution in [2.45, 2.75) is 0 Å². The number of nitrogens with one attached hydrogen (secondary N) is 1. The van der Waals surface area contributed by atoms with Crippen LogP contribution in [0.25, 0.3) is 16.9 Å². The SMILES string of the molecule is NC(=O)c1ccc(Nc2ncc(-c3ccc(C(=O)O)cc3)n3ccnc23)cc1. The standard InChI is InChI=1S/C20H15N5O3/c21-17(26)13-5-7-15(8-6-13)24-18-19-22-9-10-25(19)16(11-23-18)12-1-3-14(4-2-12)20(27)28/h1-11H,(H2,21,26)(H,23,24)(H,27,28). The number of nitrogens with two attached hydrogens (primary N) is 1. The van der Waals surface area contributed by atoms with Gasteiger partial charge in [0, 0.05) is 29.2 Å². The summed E-state index contributed by atoms with van der Waals surface area (Å²) in [6, 6.07) is 13.3. The molecule has 0 fully saturated rings. The summed E-state index contributed by atoms with van der Waals surface area (Å²) >= 11 is 0. The molecular weight excluding hydrogens is 358 g/mol.